The van der Waals surface area contributed by atoms with Crippen molar-refractivity contribution in [3.05, 3.63) is 40.3 Å². The fraction of sp³-hybridized carbons (Fsp3) is 0.353. The molecule has 0 aliphatic rings. The van der Waals surface area contributed by atoms with E-state index in [0.717, 1.165) is 4.68 Å². The third kappa shape index (κ3) is 4.05. The van der Waals surface area contributed by atoms with Crippen molar-refractivity contribution < 1.29 is 23.9 Å². The lowest BCUT2D eigenvalue weighted by atomic mass is 10.1. The van der Waals surface area contributed by atoms with Gasteiger partial charge in [-0.2, -0.15) is 5.10 Å². The number of carbonyl (C=O) groups excluding carboxylic acids is 3. The molecule has 1 amide bonds. The van der Waals surface area contributed by atoms with E-state index in [2.05, 4.69) is 19.9 Å². The molecule has 1 aromatic heterocycles. The molecule has 0 aliphatic heterocycles. The zero-order valence-corrected chi connectivity index (χ0v) is 14.6. The van der Waals surface area contributed by atoms with Gasteiger partial charge in [0.15, 0.2) is 5.69 Å². The Morgan fingerprint density at radius 3 is 2.42 bits per heavy atom. The Labute approximate surface area is 148 Å². The normalized spacial score (nSPS) is 11.7. The first-order valence-corrected chi connectivity index (χ1v) is 7.80. The minimum atomic E-state index is -1.05. The molecular formula is C17H19N3O6. The molecule has 0 spiro atoms. The lowest BCUT2D eigenvalue weighted by molar-refractivity contribution is -0.144. The summed E-state index contributed by atoms with van der Waals surface area (Å²) in [6.07, 6.45) is -0.0627. The van der Waals surface area contributed by atoms with Crippen molar-refractivity contribution in [2.75, 3.05) is 14.2 Å². The summed E-state index contributed by atoms with van der Waals surface area (Å²) in [4.78, 5) is 48.0. The summed E-state index contributed by atoms with van der Waals surface area (Å²) in [6.45, 7) is 0. The van der Waals surface area contributed by atoms with Gasteiger partial charge < -0.3 is 14.8 Å². The van der Waals surface area contributed by atoms with E-state index >= 15 is 0 Å². The maximum atomic E-state index is 12.7. The zero-order chi connectivity index (χ0) is 19.3. The van der Waals surface area contributed by atoms with E-state index in [9.17, 15) is 19.2 Å². The van der Waals surface area contributed by atoms with Crippen LogP contribution in [0.25, 0.3) is 10.8 Å². The van der Waals surface area contributed by atoms with Gasteiger partial charge in [0.05, 0.1) is 19.6 Å². The fourth-order valence-corrected chi connectivity index (χ4v) is 2.45. The summed E-state index contributed by atoms with van der Waals surface area (Å²) in [5.41, 5.74) is -0.345. The summed E-state index contributed by atoms with van der Waals surface area (Å²) >= 11 is 0. The summed E-state index contributed by atoms with van der Waals surface area (Å²) in [7, 11) is 3.84. The summed E-state index contributed by atoms with van der Waals surface area (Å²) in [5, 5.41) is 7.20. The van der Waals surface area contributed by atoms with Crippen molar-refractivity contribution in [3.63, 3.8) is 0 Å². The number of nitrogens with one attached hydrogen (secondary N) is 1. The topological polar surface area (TPSA) is 117 Å². The van der Waals surface area contributed by atoms with E-state index in [4.69, 9.17) is 0 Å². The van der Waals surface area contributed by atoms with Gasteiger partial charge in [-0.25, -0.2) is 9.48 Å². The molecule has 0 saturated carbocycles. The molecule has 0 saturated heterocycles. The highest BCUT2D eigenvalue weighted by atomic mass is 16.5. The van der Waals surface area contributed by atoms with Crippen LogP contribution in [0.3, 0.4) is 0 Å². The Balaban J connectivity index is 2.33. The maximum Gasteiger partial charge on any atom is 0.328 e. The average Bonchev–Trinajstić information content (AvgIpc) is 2.66. The van der Waals surface area contributed by atoms with Gasteiger partial charge in [0.2, 0.25) is 0 Å². The average molecular weight is 361 g/mol. The van der Waals surface area contributed by atoms with Crippen LogP contribution in [0.5, 0.6) is 0 Å². The minimum Gasteiger partial charge on any atom is -0.469 e. The van der Waals surface area contributed by atoms with E-state index in [-0.39, 0.29) is 24.1 Å². The van der Waals surface area contributed by atoms with Gasteiger partial charge in [-0.15, -0.1) is 0 Å². The van der Waals surface area contributed by atoms with E-state index in [1.165, 1.54) is 21.3 Å². The van der Waals surface area contributed by atoms with Crippen molar-refractivity contribution in [2.24, 2.45) is 7.05 Å². The molecule has 9 nitrogen and oxygen atoms in total. The highest BCUT2D eigenvalue weighted by molar-refractivity contribution is 6.05. The second-order valence-electron chi connectivity index (χ2n) is 5.49. The van der Waals surface area contributed by atoms with Gasteiger partial charge in [-0.3, -0.25) is 14.4 Å². The smallest absolute Gasteiger partial charge is 0.328 e. The molecular weight excluding hydrogens is 342 g/mol. The molecule has 1 atom stereocenters. The predicted octanol–water partition coefficient (Wildman–Crippen LogP) is 0.158. The number of methoxy groups -OCH3 is 2. The van der Waals surface area contributed by atoms with E-state index < -0.39 is 23.9 Å². The van der Waals surface area contributed by atoms with Crippen LogP contribution in [-0.4, -0.2) is 47.9 Å². The molecule has 138 valence electrons. The summed E-state index contributed by atoms with van der Waals surface area (Å²) in [6, 6.07) is 5.49. The molecule has 9 heteroatoms. The third-order valence-corrected chi connectivity index (χ3v) is 3.83. The first kappa shape index (κ1) is 19.1. The van der Waals surface area contributed by atoms with Crippen LogP contribution in [-0.2, 0) is 26.1 Å². The quantitative estimate of drug-likeness (QED) is 0.728. The summed E-state index contributed by atoms with van der Waals surface area (Å²) in [5.74, 6) is -1.87. The molecule has 2 aromatic rings. The molecule has 1 aromatic carbocycles. The van der Waals surface area contributed by atoms with Gasteiger partial charge >= 0.3 is 11.9 Å². The number of carbonyl (C=O) groups is 3. The van der Waals surface area contributed by atoms with Crippen molar-refractivity contribution in [2.45, 2.75) is 18.9 Å². The van der Waals surface area contributed by atoms with Crippen LogP contribution in [0.15, 0.2) is 29.1 Å². The number of hydrogen-bond donors (Lipinski definition) is 1. The second-order valence-corrected chi connectivity index (χ2v) is 5.49. The highest BCUT2D eigenvalue weighted by Gasteiger charge is 2.25. The second kappa shape index (κ2) is 8.24. The molecule has 0 fully saturated rings. The van der Waals surface area contributed by atoms with Crippen molar-refractivity contribution in [1.29, 1.82) is 0 Å². The van der Waals surface area contributed by atoms with E-state index in [0.29, 0.717) is 10.8 Å². The molecule has 0 bridgehead atoms. The van der Waals surface area contributed by atoms with Crippen LogP contribution in [0.4, 0.5) is 0 Å². The van der Waals surface area contributed by atoms with Crippen LogP contribution < -0.4 is 10.9 Å². The van der Waals surface area contributed by atoms with Gasteiger partial charge in [-0.1, -0.05) is 18.2 Å². The zero-order valence-electron chi connectivity index (χ0n) is 14.6. The largest absolute Gasteiger partial charge is 0.469 e. The third-order valence-electron chi connectivity index (χ3n) is 3.83. The Bertz CT molecular complexity index is 905. The standard InChI is InChI=1S/C17H19N3O6/c1-20-16(23)11-7-5-4-6-10(11)14(19-20)15(22)18-12(17(24)26-3)8-9-13(21)25-2/h4-7,12H,8-9H2,1-3H3,(H,18,22)/t12-/m1/s1. The van der Waals surface area contributed by atoms with Gasteiger partial charge in [0, 0.05) is 18.9 Å². The van der Waals surface area contributed by atoms with Crippen molar-refractivity contribution >= 4 is 28.6 Å². The van der Waals surface area contributed by atoms with Crippen LogP contribution in [0, 0.1) is 0 Å². The number of fused-ring (bicyclic) bond motifs is 1. The van der Waals surface area contributed by atoms with E-state index in [1.807, 2.05) is 0 Å². The van der Waals surface area contributed by atoms with Gasteiger partial charge in [0.25, 0.3) is 11.5 Å². The minimum absolute atomic E-state index is 0.00493. The molecule has 0 aliphatic carbocycles. The lowest BCUT2D eigenvalue weighted by Crippen LogP contribution is -2.42. The fourth-order valence-electron chi connectivity index (χ4n) is 2.45. The predicted molar refractivity (Wildman–Crippen MR) is 91.5 cm³/mol. The molecule has 2 rings (SSSR count). The molecule has 1 heterocycles. The lowest BCUT2D eigenvalue weighted by Gasteiger charge is -2.16. The first-order chi connectivity index (χ1) is 12.4. The Hall–Kier alpha value is -3.23. The van der Waals surface area contributed by atoms with Crippen LogP contribution >= 0.6 is 0 Å². The number of hydrogen-bond acceptors (Lipinski definition) is 7. The number of benzene rings is 1. The Kier molecular flexibility index (Phi) is 6.05. The summed E-state index contributed by atoms with van der Waals surface area (Å²) < 4.78 is 10.3. The molecule has 0 unspecified atom stereocenters. The molecule has 26 heavy (non-hydrogen) atoms. The number of nitrogens with zero attached hydrogens (tertiary/aromatic N) is 2. The van der Waals surface area contributed by atoms with Gasteiger partial charge in [0.1, 0.15) is 6.04 Å². The molecule has 0 radical (unpaired) electrons. The number of aromatic nitrogens is 2. The number of ether oxygens (including phenoxy) is 2. The Morgan fingerprint density at radius 1 is 1.15 bits per heavy atom. The molecule has 1 N–H and O–H groups in total. The maximum absolute atomic E-state index is 12.7. The number of rotatable bonds is 6. The van der Waals surface area contributed by atoms with Gasteiger partial charge in [-0.05, 0) is 12.5 Å². The number of aryl methyl sites for hydroxylation is 1. The number of amides is 1. The van der Waals surface area contributed by atoms with Crippen molar-refractivity contribution in [3.8, 4) is 0 Å². The van der Waals surface area contributed by atoms with Crippen LogP contribution in [0.1, 0.15) is 23.3 Å². The van der Waals surface area contributed by atoms with Crippen molar-refractivity contribution in [1.82, 2.24) is 15.1 Å². The first-order valence-electron chi connectivity index (χ1n) is 7.80. The SMILES string of the molecule is COC(=O)CC[C@@H](NC(=O)c1nn(C)c(=O)c2ccccc12)C(=O)OC. The Morgan fingerprint density at radius 2 is 1.81 bits per heavy atom. The monoisotopic (exact) mass is 361 g/mol. The van der Waals surface area contributed by atoms with E-state index in [1.54, 1.807) is 24.3 Å². The van der Waals surface area contributed by atoms with Crippen LogP contribution in [0.2, 0.25) is 0 Å². The highest BCUT2D eigenvalue weighted by Crippen LogP contribution is 2.13. The number of esters is 2.